The topological polar surface area (TPSA) is 91.4 Å². The molecule has 7 heteroatoms. The van der Waals surface area contributed by atoms with Gasteiger partial charge < -0.3 is 10.6 Å². The van der Waals surface area contributed by atoms with E-state index in [4.69, 9.17) is 0 Å². The van der Waals surface area contributed by atoms with Gasteiger partial charge in [-0.1, -0.05) is 25.8 Å². The molecule has 0 bridgehead atoms. The predicted octanol–water partition coefficient (Wildman–Crippen LogP) is 1.83. The monoisotopic (exact) mass is 330 g/mol. The van der Waals surface area contributed by atoms with E-state index in [2.05, 4.69) is 15.6 Å². The molecule has 2 N–H and O–H groups in total. The number of rotatable bonds is 3. The van der Waals surface area contributed by atoms with Gasteiger partial charge in [-0.3, -0.25) is 14.5 Å². The van der Waals surface area contributed by atoms with Crippen LogP contribution >= 0.6 is 0 Å². The number of aryl methyl sites for hydroxylation is 1. The first-order valence-electron chi connectivity index (χ1n) is 8.29. The molecule has 2 heterocycles. The minimum atomic E-state index is -0.837. The fourth-order valence-electron chi connectivity index (χ4n) is 3.57. The van der Waals surface area contributed by atoms with Crippen molar-refractivity contribution in [3.63, 3.8) is 0 Å². The summed E-state index contributed by atoms with van der Waals surface area (Å²) < 4.78 is 0. The van der Waals surface area contributed by atoms with Gasteiger partial charge in [0.2, 0.25) is 5.91 Å². The highest BCUT2D eigenvalue weighted by Gasteiger charge is 2.55. The first-order chi connectivity index (χ1) is 11.4. The van der Waals surface area contributed by atoms with Gasteiger partial charge in [0.15, 0.2) is 0 Å². The summed E-state index contributed by atoms with van der Waals surface area (Å²) in [6, 6.07) is 3.12. The summed E-state index contributed by atoms with van der Waals surface area (Å²) in [6.07, 6.45) is 5.08. The van der Waals surface area contributed by atoms with Crippen LogP contribution in [-0.4, -0.2) is 39.8 Å². The number of amides is 4. The summed E-state index contributed by atoms with van der Waals surface area (Å²) in [7, 11) is 0. The van der Waals surface area contributed by atoms with Crippen molar-refractivity contribution in [2.45, 2.75) is 45.1 Å². The van der Waals surface area contributed by atoms with Gasteiger partial charge in [-0.05, 0) is 37.3 Å². The molecule has 1 aromatic heterocycles. The number of hydrogen-bond acceptors (Lipinski definition) is 4. The van der Waals surface area contributed by atoms with E-state index in [1.54, 1.807) is 12.3 Å². The summed E-state index contributed by atoms with van der Waals surface area (Å²) in [5.41, 5.74) is -0.0169. The van der Waals surface area contributed by atoms with E-state index in [0.29, 0.717) is 12.2 Å². The van der Waals surface area contributed by atoms with Crippen molar-refractivity contribution in [3.8, 4) is 0 Å². The molecule has 3 rings (SSSR count). The van der Waals surface area contributed by atoms with E-state index in [0.717, 1.165) is 29.7 Å². The number of aromatic nitrogens is 1. The van der Waals surface area contributed by atoms with E-state index in [9.17, 15) is 14.4 Å². The first-order valence-corrected chi connectivity index (χ1v) is 8.29. The number of carbonyl (C=O) groups excluding carboxylic acids is 3. The van der Waals surface area contributed by atoms with E-state index >= 15 is 0 Å². The van der Waals surface area contributed by atoms with Crippen LogP contribution in [0.5, 0.6) is 0 Å². The number of anilines is 1. The lowest BCUT2D eigenvalue weighted by molar-refractivity contribution is -0.136. The van der Waals surface area contributed by atoms with Crippen molar-refractivity contribution in [1.29, 1.82) is 0 Å². The SMILES string of the molecule is Cc1cccnc1NC(=O)CN1C(=O)N[C@]2(CCCC[C@@H]2C)C1=O. The zero-order chi connectivity index (χ0) is 17.3. The van der Waals surface area contributed by atoms with Crippen LogP contribution in [-0.2, 0) is 9.59 Å². The van der Waals surface area contributed by atoms with Crippen LogP contribution in [0.1, 0.15) is 38.2 Å². The van der Waals surface area contributed by atoms with E-state index in [-0.39, 0.29) is 18.4 Å². The largest absolute Gasteiger partial charge is 0.325 e. The Labute approximate surface area is 140 Å². The summed E-state index contributed by atoms with van der Waals surface area (Å²) in [5, 5.41) is 5.50. The molecule has 1 spiro atoms. The Bertz CT molecular complexity index is 690. The van der Waals surface area contributed by atoms with Gasteiger partial charge in [-0.15, -0.1) is 0 Å². The quantitative estimate of drug-likeness (QED) is 0.827. The second-order valence-corrected chi connectivity index (χ2v) is 6.66. The van der Waals surface area contributed by atoms with Crippen molar-refractivity contribution >= 4 is 23.7 Å². The molecule has 1 saturated carbocycles. The normalized spacial score (nSPS) is 26.6. The smallest absolute Gasteiger partial charge is 0.323 e. The fraction of sp³-hybridized carbons (Fsp3) is 0.529. The molecule has 2 fully saturated rings. The third kappa shape index (κ3) is 2.74. The summed E-state index contributed by atoms with van der Waals surface area (Å²) in [4.78, 5) is 42.4. The molecule has 1 aliphatic carbocycles. The van der Waals surface area contributed by atoms with Crippen molar-refractivity contribution < 1.29 is 14.4 Å². The zero-order valence-corrected chi connectivity index (χ0v) is 14.0. The summed E-state index contributed by atoms with van der Waals surface area (Å²) in [6.45, 7) is 3.52. The molecule has 1 saturated heterocycles. The van der Waals surface area contributed by atoms with Crippen molar-refractivity contribution in [2.75, 3.05) is 11.9 Å². The van der Waals surface area contributed by atoms with E-state index in [1.807, 2.05) is 19.9 Å². The molecule has 0 aromatic carbocycles. The number of urea groups is 1. The molecule has 0 radical (unpaired) electrons. The molecule has 7 nitrogen and oxygen atoms in total. The molecule has 1 aromatic rings. The van der Waals surface area contributed by atoms with Crippen LogP contribution in [0.4, 0.5) is 10.6 Å². The van der Waals surface area contributed by atoms with Gasteiger partial charge in [0.1, 0.15) is 17.9 Å². The fourth-order valence-corrected chi connectivity index (χ4v) is 3.57. The molecule has 128 valence electrons. The van der Waals surface area contributed by atoms with Gasteiger partial charge in [0.05, 0.1) is 0 Å². The van der Waals surface area contributed by atoms with Gasteiger partial charge in [0.25, 0.3) is 5.91 Å². The second kappa shape index (κ2) is 6.22. The highest BCUT2D eigenvalue weighted by molar-refractivity contribution is 6.10. The maximum Gasteiger partial charge on any atom is 0.325 e. The standard InChI is InChI=1S/C17H22N4O3/c1-11-6-5-9-18-14(11)19-13(22)10-21-15(23)17(20-16(21)24)8-4-3-7-12(17)2/h5-6,9,12H,3-4,7-8,10H2,1-2H3,(H,20,24)(H,18,19,22)/t12-,17-/m0/s1. The third-order valence-electron chi connectivity index (χ3n) is 5.07. The summed E-state index contributed by atoms with van der Waals surface area (Å²) in [5.74, 6) is -0.197. The number of carbonyl (C=O) groups is 3. The van der Waals surface area contributed by atoms with Crippen molar-refractivity contribution in [1.82, 2.24) is 15.2 Å². The number of nitrogens with one attached hydrogen (secondary N) is 2. The minimum absolute atomic E-state index is 0.0776. The molecular weight excluding hydrogens is 308 g/mol. The van der Waals surface area contributed by atoms with Gasteiger partial charge in [-0.25, -0.2) is 9.78 Å². The molecule has 0 unspecified atom stereocenters. The molecular formula is C17H22N4O3. The Balaban J connectivity index is 1.71. The van der Waals surface area contributed by atoms with E-state index in [1.165, 1.54) is 0 Å². The first kappa shape index (κ1) is 16.4. The molecule has 1 aliphatic heterocycles. The van der Waals surface area contributed by atoms with E-state index < -0.39 is 17.5 Å². The molecule has 2 atom stereocenters. The number of hydrogen-bond donors (Lipinski definition) is 2. The van der Waals surface area contributed by atoms with Crippen molar-refractivity contribution in [2.24, 2.45) is 5.92 Å². The van der Waals surface area contributed by atoms with Gasteiger partial charge in [-0.2, -0.15) is 0 Å². The highest BCUT2D eigenvalue weighted by Crippen LogP contribution is 2.38. The number of imide groups is 1. The van der Waals surface area contributed by atoms with Crippen LogP contribution in [0.15, 0.2) is 18.3 Å². The minimum Gasteiger partial charge on any atom is -0.323 e. The lowest BCUT2D eigenvalue weighted by Gasteiger charge is -2.36. The Morgan fingerprint density at radius 1 is 1.46 bits per heavy atom. The van der Waals surface area contributed by atoms with Gasteiger partial charge in [0, 0.05) is 6.20 Å². The van der Waals surface area contributed by atoms with Crippen LogP contribution in [0.3, 0.4) is 0 Å². The third-order valence-corrected chi connectivity index (χ3v) is 5.07. The molecule has 2 aliphatic rings. The molecule has 4 amide bonds. The maximum absolute atomic E-state index is 12.8. The Morgan fingerprint density at radius 3 is 2.96 bits per heavy atom. The average molecular weight is 330 g/mol. The molecule has 24 heavy (non-hydrogen) atoms. The van der Waals surface area contributed by atoms with Gasteiger partial charge >= 0.3 is 6.03 Å². The Hall–Kier alpha value is -2.44. The van der Waals surface area contributed by atoms with Crippen LogP contribution in [0, 0.1) is 12.8 Å². The average Bonchev–Trinajstić information content (AvgIpc) is 2.78. The Kier molecular flexibility index (Phi) is 4.26. The highest BCUT2D eigenvalue weighted by atomic mass is 16.2. The maximum atomic E-state index is 12.8. The van der Waals surface area contributed by atoms with Crippen LogP contribution < -0.4 is 10.6 Å². The van der Waals surface area contributed by atoms with Crippen molar-refractivity contribution in [3.05, 3.63) is 23.9 Å². The lowest BCUT2D eigenvalue weighted by Crippen LogP contribution is -2.54. The summed E-state index contributed by atoms with van der Waals surface area (Å²) >= 11 is 0. The Morgan fingerprint density at radius 2 is 2.25 bits per heavy atom. The number of pyridine rings is 1. The number of nitrogens with zero attached hydrogens (tertiary/aromatic N) is 2. The second-order valence-electron chi connectivity index (χ2n) is 6.66. The zero-order valence-electron chi connectivity index (χ0n) is 14.0. The van der Waals surface area contributed by atoms with Crippen LogP contribution in [0.2, 0.25) is 0 Å². The van der Waals surface area contributed by atoms with Crippen LogP contribution in [0.25, 0.3) is 0 Å². The predicted molar refractivity (Wildman–Crippen MR) is 88.2 cm³/mol. The lowest BCUT2D eigenvalue weighted by atomic mass is 9.73.